The van der Waals surface area contributed by atoms with Crippen LogP contribution < -0.4 is 0 Å². The van der Waals surface area contributed by atoms with Gasteiger partial charge in [0.05, 0.1) is 0 Å². The summed E-state index contributed by atoms with van der Waals surface area (Å²) in [6.45, 7) is 0.791. The van der Waals surface area contributed by atoms with Crippen LogP contribution in [-0.2, 0) is 11.2 Å². The zero-order valence-corrected chi connectivity index (χ0v) is 10.0. The summed E-state index contributed by atoms with van der Waals surface area (Å²) in [6.07, 6.45) is 8.51. The van der Waals surface area contributed by atoms with Crippen molar-refractivity contribution in [1.29, 1.82) is 0 Å². The highest BCUT2D eigenvalue weighted by Crippen LogP contribution is 2.30. The van der Waals surface area contributed by atoms with E-state index < -0.39 is 0 Å². The van der Waals surface area contributed by atoms with E-state index in [9.17, 15) is 0 Å². The fraction of sp³-hybridized carbons (Fsp3) is 0.833. The van der Waals surface area contributed by atoms with Crippen LogP contribution in [-0.4, -0.2) is 28.9 Å². The normalized spacial score (nSPS) is 17.8. The molecule has 90 valence electrons. The van der Waals surface area contributed by atoms with Crippen molar-refractivity contribution in [2.45, 2.75) is 50.9 Å². The van der Waals surface area contributed by atoms with Crippen LogP contribution in [0.2, 0.25) is 0 Å². The van der Waals surface area contributed by atoms with Gasteiger partial charge in [-0.25, -0.2) is 4.98 Å². The fourth-order valence-corrected chi connectivity index (χ4v) is 2.35. The summed E-state index contributed by atoms with van der Waals surface area (Å²) < 4.78 is 5.02. The van der Waals surface area contributed by atoms with Gasteiger partial charge in [0.2, 0.25) is 0 Å². The number of aryl methyl sites for hydroxylation is 1. The van der Waals surface area contributed by atoms with Crippen LogP contribution in [0.5, 0.6) is 0 Å². The Morgan fingerprint density at radius 3 is 2.88 bits per heavy atom. The van der Waals surface area contributed by atoms with Crippen LogP contribution in [0.15, 0.2) is 0 Å². The zero-order valence-electron chi connectivity index (χ0n) is 10.0. The van der Waals surface area contributed by atoms with Gasteiger partial charge in [0.1, 0.15) is 5.82 Å². The lowest BCUT2D eigenvalue weighted by atomic mass is 9.89. The summed E-state index contributed by atoms with van der Waals surface area (Å²) >= 11 is 0. The number of H-pyrrole nitrogens is 1. The smallest absolute Gasteiger partial charge is 0.153 e. The number of methoxy groups -OCH3 is 1. The Morgan fingerprint density at radius 1 is 1.31 bits per heavy atom. The molecule has 1 aliphatic carbocycles. The van der Waals surface area contributed by atoms with Gasteiger partial charge < -0.3 is 4.74 Å². The molecule has 0 bridgehead atoms. The molecule has 1 heterocycles. The summed E-state index contributed by atoms with van der Waals surface area (Å²) in [6, 6.07) is 0. The number of nitrogens with one attached hydrogen (secondary N) is 1. The van der Waals surface area contributed by atoms with E-state index in [0.717, 1.165) is 31.1 Å². The van der Waals surface area contributed by atoms with Gasteiger partial charge in [0.15, 0.2) is 5.82 Å². The lowest BCUT2D eigenvalue weighted by Gasteiger charge is -2.17. The molecule has 0 amide bonds. The van der Waals surface area contributed by atoms with Crippen molar-refractivity contribution >= 4 is 0 Å². The minimum absolute atomic E-state index is 0.598. The van der Waals surface area contributed by atoms with Crippen molar-refractivity contribution in [3.63, 3.8) is 0 Å². The SMILES string of the molecule is COCCCc1nc(C2CCCCC2)n[nH]1. The Balaban J connectivity index is 1.85. The van der Waals surface area contributed by atoms with E-state index in [1.54, 1.807) is 7.11 Å². The maximum absolute atomic E-state index is 5.02. The van der Waals surface area contributed by atoms with E-state index >= 15 is 0 Å². The highest BCUT2D eigenvalue weighted by molar-refractivity contribution is 4.99. The molecule has 0 unspecified atom stereocenters. The third-order valence-electron chi connectivity index (χ3n) is 3.28. The van der Waals surface area contributed by atoms with Gasteiger partial charge in [-0.1, -0.05) is 19.3 Å². The molecule has 0 saturated heterocycles. The molecule has 2 rings (SSSR count). The lowest BCUT2D eigenvalue weighted by molar-refractivity contribution is 0.194. The predicted molar refractivity (Wildman–Crippen MR) is 62.4 cm³/mol. The molecule has 1 aliphatic rings. The molecule has 1 saturated carbocycles. The first kappa shape index (κ1) is 11.6. The second-order valence-corrected chi connectivity index (χ2v) is 4.57. The number of hydrogen-bond acceptors (Lipinski definition) is 3. The van der Waals surface area contributed by atoms with E-state index in [-0.39, 0.29) is 0 Å². The number of aromatic nitrogens is 3. The van der Waals surface area contributed by atoms with Crippen molar-refractivity contribution in [1.82, 2.24) is 15.2 Å². The molecular formula is C12H21N3O. The monoisotopic (exact) mass is 223 g/mol. The van der Waals surface area contributed by atoms with Crippen LogP contribution in [0.4, 0.5) is 0 Å². The van der Waals surface area contributed by atoms with Crippen molar-refractivity contribution in [3.05, 3.63) is 11.6 Å². The topological polar surface area (TPSA) is 50.8 Å². The highest BCUT2D eigenvalue weighted by Gasteiger charge is 2.19. The van der Waals surface area contributed by atoms with Crippen LogP contribution in [0.25, 0.3) is 0 Å². The van der Waals surface area contributed by atoms with E-state index in [1.165, 1.54) is 32.1 Å². The number of hydrogen-bond donors (Lipinski definition) is 1. The summed E-state index contributed by atoms with van der Waals surface area (Å²) in [5.74, 6) is 2.64. The van der Waals surface area contributed by atoms with Crippen LogP contribution in [0.1, 0.15) is 56.1 Å². The molecule has 16 heavy (non-hydrogen) atoms. The van der Waals surface area contributed by atoms with E-state index in [4.69, 9.17) is 4.74 Å². The van der Waals surface area contributed by atoms with Gasteiger partial charge in [-0.15, -0.1) is 0 Å². The standard InChI is InChI=1S/C12H21N3O/c1-16-9-5-8-11-13-12(15-14-11)10-6-3-2-4-7-10/h10H,2-9H2,1H3,(H,13,14,15). The van der Waals surface area contributed by atoms with E-state index in [1.807, 2.05) is 0 Å². The molecular weight excluding hydrogens is 202 g/mol. The van der Waals surface area contributed by atoms with Crippen LogP contribution in [0.3, 0.4) is 0 Å². The first-order valence-corrected chi connectivity index (χ1v) is 6.30. The van der Waals surface area contributed by atoms with Crippen LogP contribution in [0, 0.1) is 0 Å². The maximum Gasteiger partial charge on any atom is 0.153 e. The van der Waals surface area contributed by atoms with Gasteiger partial charge in [0, 0.05) is 26.1 Å². The van der Waals surface area contributed by atoms with Gasteiger partial charge in [-0.05, 0) is 19.3 Å². The first-order chi connectivity index (χ1) is 7.90. The lowest BCUT2D eigenvalue weighted by Crippen LogP contribution is -2.06. The highest BCUT2D eigenvalue weighted by atomic mass is 16.5. The van der Waals surface area contributed by atoms with Crippen molar-refractivity contribution < 1.29 is 4.74 Å². The predicted octanol–water partition coefficient (Wildman–Crippen LogP) is 2.43. The van der Waals surface area contributed by atoms with Gasteiger partial charge in [-0.2, -0.15) is 5.10 Å². The molecule has 1 aromatic rings. The summed E-state index contributed by atoms with van der Waals surface area (Å²) in [5, 5.41) is 7.39. The van der Waals surface area contributed by atoms with E-state index in [0.29, 0.717) is 5.92 Å². The Labute approximate surface area is 96.8 Å². The maximum atomic E-state index is 5.02. The second-order valence-electron chi connectivity index (χ2n) is 4.57. The average molecular weight is 223 g/mol. The molecule has 1 fully saturated rings. The molecule has 0 spiro atoms. The fourth-order valence-electron chi connectivity index (χ4n) is 2.35. The molecule has 1 N–H and O–H groups in total. The van der Waals surface area contributed by atoms with Gasteiger partial charge >= 0.3 is 0 Å². The molecule has 4 nitrogen and oxygen atoms in total. The summed E-state index contributed by atoms with van der Waals surface area (Å²) in [5.41, 5.74) is 0. The Morgan fingerprint density at radius 2 is 2.12 bits per heavy atom. The van der Waals surface area contributed by atoms with Crippen LogP contribution >= 0.6 is 0 Å². The molecule has 0 atom stereocenters. The van der Waals surface area contributed by atoms with Gasteiger partial charge in [-0.3, -0.25) is 5.10 Å². The average Bonchev–Trinajstić information content (AvgIpc) is 2.79. The number of aromatic amines is 1. The summed E-state index contributed by atoms with van der Waals surface area (Å²) in [4.78, 5) is 4.58. The Kier molecular flexibility index (Phi) is 4.34. The Bertz CT molecular complexity index is 305. The minimum Gasteiger partial charge on any atom is -0.385 e. The minimum atomic E-state index is 0.598. The summed E-state index contributed by atoms with van der Waals surface area (Å²) in [7, 11) is 1.73. The van der Waals surface area contributed by atoms with Crippen molar-refractivity contribution in [2.24, 2.45) is 0 Å². The molecule has 4 heteroatoms. The second kappa shape index (κ2) is 5.99. The third-order valence-corrected chi connectivity index (χ3v) is 3.28. The van der Waals surface area contributed by atoms with Gasteiger partial charge in [0.25, 0.3) is 0 Å². The first-order valence-electron chi connectivity index (χ1n) is 6.30. The van der Waals surface area contributed by atoms with Crippen molar-refractivity contribution in [2.75, 3.05) is 13.7 Å². The number of rotatable bonds is 5. The molecule has 0 aromatic carbocycles. The molecule has 1 aromatic heterocycles. The molecule has 0 aliphatic heterocycles. The molecule has 0 radical (unpaired) electrons. The zero-order chi connectivity index (χ0) is 11.2. The number of nitrogens with zero attached hydrogens (tertiary/aromatic N) is 2. The Hall–Kier alpha value is -0.900. The van der Waals surface area contributed by atoms with E-state index in [2.05, 4.69) is 15.2 Å². The largest absolute Gasteiger partial charge is 0.385 e. The quantitative estimate of drug-likeness (QED) is 0.780. The third kappa shape index (κ3) is 3.04. The number of ether oxygens (including phenoxy) is 1. The van der Waals surface area contributed by atoms with Crippen molar-refractivity contribution in [3.8, 4) is 0 Å².